The van der Waals surface area contributed by atoms with Crippen LogP contribution in [0.1, 0.15) is 23.5 Å². The lowest BCUT2D eigenvalue weighted by Crippen LogP contribution is -2.51. The molecule has 0 radical (unpaired) electrons. The van der Waals surface area contributed by atoms with Gasteiger partial charge in [-0.25, -0.2) is 0 Å². The summed E-state index contributed by atoms with van der Waals surface area (Å²) in [5.41, 5.74) is 2.64. The van der Waals surface area contributed by atoms with E-state index in [9.17, 15) is 4.79 Å². The van der Waals surface area contributed by atoms with Crippen LogP contribution < -0.4 is 5.32 Å². The van der Waals surface area contributed by atoms with Gasteiger partial charge in [0.15, 0.2) is 0 Å². The third-order valence-corrected chi connectivity index (χ3v) is 7.06. The van der Waals surface area contributed by atoms with Crippen LogP contribution in [0.5, 0.6) is 0 Å². The average molecular weight is 414 g/mol. The molecule has 0 spiro atoms. The maximum absolute atomic E-state index is 12.9. The number of nitrogens with one attached hydrogen (secondary N) is 1. The first kappa shape index (κ1) is 20.2. The quantitative estimate of drug-likeness (QED) is 0.670. The molecule has 1 amide bonds. The number of nitrogens with zero attached hydrogens (tertiary/aromatic N) is 2. The summed E-state index contributed by atoms with van der Waals surface area (Å²) < 4.78 is 0. The molecule has 1 saturated carbocycles. The molecule has 31 heavy (non-hydrogen) atoms. The minimum atomic E-state index is -0.0496. The molecule has 3 aromatic rings. The fourth-order valence-corrected chi connectivity index (χ4v) is 5.01. The number of fused-ring (bicyclic) bond motifs is 1. The third kappa shape index (κ3) is 4.36. The Labute approximate surface area is 184 Å². The first-order chi connectivity index (χ1) is 15.1. The minimum absolute atomic E-state index is 0.0496. The molecular formula is C27H31N3O. The largest absolute Gasteiger partial charge is 0.339 e. The van der Waals surface area contributed by atoms with Crippen molar-refractivity contribution in [1.82, 2.24) is 15.1 Å². The first-order valence-corrected chi connectivity index (χ1v) is 11.4. The second kappa shape index (κ2) is 8.45. The number of carbonyl (C=O) groups is 1. The number of rotatable bonds is 6. The van der Waals surface area contributed by atoms with E-state index in [2.05, 4.69) is 90.1 Å². The zero-order valence-corrected chi connectivity index (χ0v) is 18.3. The van der Waals surface area contributed by atoms with Crippen LogP contribution in [0.15, 0.2) is 72.8 Å². The highest BCUT2D eigenvalue weighted by molar-refractivity contribution is 5.83. The molecule has 0 bridgehead atoms. The molecule has 4 nitrogen and oxygen atoms in total. The highest BCUT2D eigenvalue weighted by Crippen LogP contribution is 2.53. The van der Waals surface area contributed by atoms with Crippen LogP contribution in [0.2, 0.25) is 0 Å². The fraction of sp³-hybridized carbons (Fsp3) is 0.370. The molecule has 1 heterocycles. The van der Waals surface area contributed by atoms with E-state index in [0.717, 1.165) is 39.0 Å². The molecule has 1 aliphatic carbocycles. The van der Waals surface area contributed by atoms with Gasteiger partial charge in [0.1, 0.15) is 0 Å². The average Bonchev–Trinajstić information content (AvgIpc) is 3.52. The molecular weight excluding hydrogens is 382 g/mol. The molecule has 0 aromatic heterocycles. The van der Waals surface area contributed by atoms with Crippen LogP contribution in [0.4, 0.5) is 0 Å². The molecule has 1 aliphatic heterocycles. The lowest BCUT2D eigenvalue weighted by atomic mass is 9.96. The Hall–Kier alpha value is -2.69. The van der Waals surface area contributed by atoms with E-state index < -0.39 is 0 Å². The summed E-state index contributed by atoms with van der Waals surface area (Å²) >= 11 is 0. The molecule has 4 heteroatoms. The van der Waals surface area contributed by atoms with Crippen molar-refractivity contribution >= 4 is 16.7 Å². The van der Waals surface area contributed by atoms with Crippen LogP contribution in [0.25, 0.3) is 10.8 Å². The van der Waals surface area contributed by atoms with Crippen molar-refractivity contribution in [2.45, 2.75) is 24.3 Å². The van der Waals surface area contributed by atoms with E-state index in [1.54, 1.807) is 0 Å². The van der Waals surface area contributed by atoms with Gasteiger partial charge in [-0.05, 0) is 41.8 Å². The van der Waals surface area contributed by atoms with Crippen molar-refractivity contribution in [3.63, 3.8) is 0 Å². The number of amides is 1. The summed E-state index contributed by atoms with van der Waals surface area (Å²) in [6.07, 6.45) is 2.01. The zero-order valence-electron chi connectivity index (χ0n) is 18.3. The van der Waals surface area contributed by atoms with E-state index >= 15 is 0 Å². The van der Waals surface area contributed by atoms with Gasteiger partial charge in [0, 0.05) is 37.6 Å². The van der Waals surface area contributed by atoms with E-state index in [4.69, 9.17) is 0 Å². The van der Waals surface area contributed by atoms with Crippen molar-refractivity contribution in [1.29, 1.82) is 0 Å². The molecule has 2 fully saturated rings. The Bertz CT molecular complexity index is 1060. The minimum Gasteiger partial charge on any atom is -0.339 e. The van der Waals surface area contributed by atoms with Crippen LogP contribution in [-0.2, 0) is 11.2 Å². The van der Waals surface area contributed by atoms with Crippen molar-refractivity contribution < 1.29 is 4.79 Å². The standard InChI is InChI=1S/C27H31N3O/c1-29-13-15-30(16-14-29)26(31)20-28-27(19-25(27)23-8-3-2-4-9-23)18-21-11-12-22-7-5-6-10-24(22)17-21/h2-12,17,25,28H,13-16,18-20H2,1H3. The summed E-state index contributed by atoms with van der Waals surface area (Å²) in [7, 11) is 2.12. The van der Waals surface area contributed by atoms with Crippen molar-refractivity contribution in [3.8, 4) is 0 Å². The SMILES string of the molecule is CN1CCN(C(=O)CNC2(Cc3ccc4ccccc4c3)CC2c2ccccc2)CC1. The van der Waals surface area contributed by atoms with E-state index in [1.807, 2.05) is 4.90 Å². The van der Waals surface area contributed by atoms with Gasteiger partial charge < -0.3 is 15.1 Å². The van der Waals surface area contributed by atoms with E-state index in [0.29, 0.717) is 12.5 Å². The Morgan fingerprint density at radius 1 is 0.935 bits per heavy atom. The molecule has 3 aromatic carbocycles. The number of piperazine rings is 1. The van der Waals surface area contributed by atoms with Gasteiger partial charge in [0.2, 0.25) is 5.91 Å². The molecule has 2 atom stereocenters. The summed E-state index contributed by atoms with van der Waals surface area (Å²) in [4.78, 5) is 17.2. The van der Waals surface area contributed by atoms with Crippen LogP contribution in [0, 0.1) is 0 Å². The summed E-state index contributed by atoms with van der Waals surface area (Å²) in [5, 5.41) is 6.27. The Kier molecular flexibility index (Phi) is 5.51. The van der Waals surface area contributed by atoms with Crippen molar-refractivity contribution in [3.05, 3.63) is 83.9 Å². The molecule has 5 rings (SSSR count). The summed E-state index contributed by atoms with van der Waals surface area (Å²) in [6.45, 7) is 4.00. The second-order valence-corrected chi connectivity index (χ2v) is 9.22. The molecule has 1 N–H and O–H groups in total. The van der Waals surface area contributed by atoms with Crippen LogP contribution in [0.3, 0.4) is 0 Å². The van der Waals surface area contributed by atoms with Gasteiger partial charge >= 0.3 is 0 Å². The van der Waals surface area contributed by atoms with Crippen LogP contribution in [-0.4, -0.2) is 61.0 Å². The normalized spacial score (nSPS) is 23.8. The monoisotopic (exact) mass is 413 g/mol. The molecule has 1 saturated heterocycles. The summed E-state index contributed by atoms with van der Waals surface area (Å²) in [6, 6.07) is 26.0. The zero-order chi connectivity index (χ0) is 21.3. The van der Waals surface area contributed by atoms with Gasteiger partial charge in [-0.1, -0.05) is 72.8 Å². The number of benzene rings is 3. The highest BCUT2D eigenvalue weighted by atomic mass is 16.2. The van der Waals surface area contributed by atoms with Crippen molar-refractivity contribution in [2.75, 3.05) is 39.8 Å². The van der Waals surface area contributed by atoms with E-state index in [-0.39, 0.29) is 11.4 Å². The smallest absolute Gasteiger partial charge is 0.236 e. The molecule has 160 valence electrons. The number of likely N-dealkylation sites (N-methyl/N-ethyl adjacent to an activating group) is 1. The topological polar surface area (TPSA) is 35.6 Å². The van der Waals surface area contributed by atoms with Gasteiger partial charge in [-0.2, -0.15) is 0 Å². The summed E-state index contributed by atoms with van der Waals surface area (Å²) in [5.74, 6) is 0.671. The van der Waals surface area contributed by atoms with Gasteiger partial charge in [0.05, 0.1) is 6.54 Å². The number of hydrogen-bond acceptors (Lipinski definition) is 3. The van der Waals surface area contributed by atoms with Gasteiger partial charge in [0.25, 0.3) is 0 Å². The molecule has 2 unspecified atom stereocenters. The van der Waals surface area contributed by atoms with E-state index in [1.165, 1.54) is 21.9 Å². The maximum Gasteiger partial charge on any atom is 0.236 e. The lowest BCUT2D eigenvalue weighted by Gasteiger charge is -2.33. The second-order valence-electron chi connectivity index (χ2n) is 9.22. The maximum atomic E-state index is 12.9. The highest BCUT2D eigenvalue weighted by Gasteiger charge is 2.54. The Morgan fingerprint density at radius 2 is 1.65 bits per heavy atom. The van der Waals surface area contributed by atoms with Gasteiger partial charge in [-0.15, -0.1) is 0 Å². The first-order valence-electron chi connectivity index (χ1n) is 11.4. The lowest BCUT2D eigenvalue weighted by molar-refractivity contribution is -0.132. The predicted molar refractivity (Wildman–Crippen MR) is 126 cm³/mol. The Balaban J connectivity index is 1.33. The number of carbonyl (C=O) groups excluding carboxylic acids is 1. The molecule has 2 aliphatic rings. The number of hydrogen-bond donors (Lipinski definition) is 1. The van der Waals surface area contributed by atoms with Crippen LogP contribution >= 0.6 is 0 Å². The Morgan fingerprint density at radius 3 is 2.42 bits per heavy atom. The van der Waals surface area contributed by atoms with Gasteiger partial charge in [-0.3, -0.25) is 4.79 Å². The predicted octanol–water partition coefficient (Wildman–Crippen LogP) is 3.67. The fourth-order valence-electron chi connectivity index (χ4n) is 5.01. The third-order valence-electron chi connectivity index (χ3n) is 7.06. The van der Waals surface area contributed by atoms with Crippen molar-refractivity contribution in [2.24, 2.45) is 0 Å².